The number of amides is 1. The average molecular weight is 295 g/mol. The Morgan fingerprint density at radius 1 is 1.37 bits per heavy atom. The molecule has 0 aromatic carbocycles. The summed E-state index contributed by atoms with van der Waals surface area (Å²) in [5.41, 5.74) is 1.54. The quantitative estimate of drug-likeness (QED) is 0.819. The van der Waals surface area contributed by atoms with Crippen molar-refractivity contribution in [3.63, 3.8) is 0 Å². The summed E-state index contributed by atoms with van der Waals surface area (Å²) in [6.07, 6.45) is 0. The molecular weight excluding hydrogens is 278 g/mol. The van der Waals surface area contributed by atoms with Gasteiger partial charge in [0, 0.05) is 29.5 Å². The average Bonchev–Trinajstić information content (AvgIpc) is 2.74. The second-order valence-corrected chi connectivity index (χ2v) is 6.45. The Bertz CT molecular complexity index is 560. The van der Waals surface area contributed by atoms with E-state index in [1.54, 1.807) is 30.3 Å². The Balaban J connectivity index is 2.46. The molecule has 19 heavy (non-hydrogen) atoms. The van der Waals surface area contributed by atoms with Crippen LogP contribution in [-0.4, -0.2) is 30.0 Å². The molecular formula is C13H17N3OS2. The van der Waals surface area contributed by atoms with E-state index in [2.05, 4.69) is 23.6 Å². The predicted molar refractivity (Wildman–Crippen MR) is 82.1 cm³/mol. The van der Waals surface area contributed by atoms with Gasteiger partial charge in [0.1, 0.15) is 0 Å². The molecule has 1 atom stereocenters. The van der Waals surface area contributed by atoms with Crippen LogP contribution in [0.1, 0.15) is 22.7 Å². The highest BCUT2D eigenvalue weighted by Gasteiger charge is 2.31. The summed E-state index contributed by atoms with van der Waals surface area (Å²) in [5, 5.41) is 6.78. The molecule has 2 rings (SSSR count). The number of hydrogen-bond acceptors (Lipinski definition) is 3. The number of nitrogens with zero attached hydrogens (tertiary/aromatic N) is 1. The Hall–Kier alpha value is -1.40. The number of thiocarbonyl (C=S) groups is 1. The maximum absolute atomic E-state index is 12.4. The lowest BCUT2D eigenvalue weighted by Gasteiger charge is -2.30. The summed E-state index contributed by atoms with van der Waals surface area (Å²) >= 11 is 6.87. The number of carbonyl (C=O) groups is 1. The first-order valence-electron chi connectivity index (χ1n) is 5.96. The third-order valence-corrected chi connectivity index (χ3v) is 4.24. The Morgan fingerprint density at radius 3 is 2.58 bits per heavy atom. The molecule has 1 amide bonds. The van der Waals surface area contributed by atoms with Crippen LogP contribution in [0.4, 0.5) is 0 Å². The molecule has 1 aromatic rings. The van der Waals surface area contributed by atoms with Crippen LogP contribution >= 0.6 is 23.6 Å². The number of carbonyl (C=O) groups excluding carboxylic acids is 1. The molecule has 0 unspecified atom stereocenters. The lowest BCUT2D eigenvalue weighted by molar-refractivity contribution is -0.125. The van der Waals surface area contributed by atoms with Gasteiger partial charge in [-0.05, 0) is 38.2 Å². The van der Waals surface area contributed by atoms with Gasteiger partial charge in [0.15, 0.2) is 5.11 Å². The fraction of sp³-hybridized carbons (Fsp3) is 0.385. The molecule has 1 aliphatic heterocycles. The number of aryl methyl sites for hydroxylation is 1. The summed E-state index contributed by atoms with van der Waals surface area (Å²) in [7, 11) is 3.51. The highest BCUT2D eigenvalue weighted by molar-refractivity contribution is 7.80. The van der Waals surface area contributed by atoms with Crippen molar-refractivity contribution in [1.29, 1.82) is 0 Å². The summed E-state index contributed by atoms with van der Waals surface area (Å²) < 4.78 is 0. The second-order valence-electron chi connectivity index (χ2n) is 4.72. The molecule has 102 valence electrons. The summed E-state index contributed by atoms with van der Waals surface area (Å²) in [5.74, 6) is -0.00365. The van der Waals surface area contributed by atoms with Gasteiger partial charge in [-0.1, -0.05) is 0 Å². The molecule has 1 aromatic heterocycles. The van der Waals surface area contributed by atoms with E-state index < -0.39 is 0 Å². The molecule has 0 saturated carbocycles. The van der Waals surface area contributed by atoms with Crippen molar-refractivity contribution >= 4 is 34.6 Å². The maximum atomic E-state index is 12.4. The van der Waals surface area contributed by atoms with Gasteiger partial charge in [-0.2, -0.15) is 0 Å². The summed E-state index contributed by atoms with van der Waals surface area (Å²) in [6.45, 7) is 3.94. The van der Waals surface area contributed by atoms with Crippen LogP contribution in [-0.2, 0) is 4.79 Å². The Morgan fingerprint density at radius 2 is 2.05 bits per heavy atom. The largest absolute Gasteiger partial charge is 0.350 e. The number of allylic oxidation sites excluding steroid dienone is 1. The Labute approximate surface area is 122 Å². The fourth-order valence-corrected chi connectivity index (χ4v) is 3.25. The molecule has 0 aliphatic carbocycles. The van der Waals surface area contributed by atoms with Gasteiger partial charge in [0.2, 0.25) is 0 Å². The van der Waals surface area contributed by atoms with Gasteiger partial charge in [0.25, 0.3) is 5.91 Å². The topological polar surface area (TPSA) is 44.4 Å². The normalized spacial score (nSPS) is 18.9. The van der Waals surface area contributed by atoms with Gasteiger partial charge in [-0.15, -0.1) is 11.3 Å². The first-order valence-corrected chi connectivity index (χ1v) is 7.19. The smallest absolute Gasteiger partial charge is 0.253 e. The summed E-state index contributed by atoms with van der Waals surface area (Å²) in [4.78, 5) is 16.3. The molecule has 4 nitrogen and oxygen atoms in total. The van der Waals surface area contributed by atoms with Crippen LogP contribution in [0.3, 0.4) is 0 Å². The lowest BCUT2D eigenvalue weighted by Crippen LogP contribution is -2.46. The van der Waals surface area contributed by atoms with Crippen LogP contribution in [0.25, 0.3) is 0 Å². The van der Waals surface area contributed by atoms with E-state index in [9.17, 15) is 4.79 Å². The monoisotopic (exact) mass is 295 g/mol. The van der Waals surface area contributed by atoms with Crippen molar-refractivity contribution < 1.29 is 4.79 Å². The molecule has 0 saturated heterocycles. The van der Waals surface area contributed by atoms with E-state index >= 15 is 0 Å². The first-order chi connectivity index (χ1) is 8.90. The minimum atomic E-state index is -0.164. The highest BCUT2D eigenvalue weighted by Crippen LogP contribution is 2.32. The van der Waals surface area contributed by atoms with Crippen molar-refractivity contribution in [2.75, 3.05) is 14.1 Å². The number of rotatable bonds is 2. The number of nitrogens with one attached hydrogen (secondary N) is 2. The zero-order valence-electron chi connectivity index (χ0n) is 11.4. The zero-order chi connectivity index (χ0) is 14.2. The highest BCUT2D eigenvalue weighted by atomic mass is 32.1. The third kappa shape index (κ3) is 2.79. The molecule has 2 heterocycles. The maximum Gasteiger partial charge on any atom is 0.253 e. The van der Waals surface area contributed by atoms with E-state index in [0.29, 0.717) is 5.11 Å². The Kier molecular flexibility index (Phi) is 3.91. The molecule has 0 bridgehead atoms. The standard InChI is InChI=1S/C13H17N3OS2/c1-7-5-6-9(19-7)11-10(12(17)16(3)4)8(2)14-13(18)15-11/h5-6,11H,1-4H3,(H2,14,15,18)/t11-/m0/s1. The van der Waals surface area contributed by atoms with Crippen molar-refractivity contribution in [1.82, 2.24) is 15.5 Å². The van der Waals surface area contributed by atoms with Gasteiger partial charge >= 0.3 is 0 Å². The molecule has 1 aliphatic rings. The van der Waals surface area contributed by atoms with Crippen LogP contribution in [0.15, 0.2) is 23.4 Å². The number of thiophene rings is 1. The zero-order valence-corrected chi connectivity index (χ0v) is 13.0. The fourth-order valence-electron chi connectivity index (χ4n) is 2.04. The molecule has 2 N–H and O–H groups in total. The van der Waals surface area contributed by atoms with Crippen molar-refractivity contribution in [3.8, 4) is 0 Å². The molecule has 0 spiro atoms. The van der Waals surface area contributed by atoms with Gasteiger partial charge < -0.3 is 15.5 Å². The molecule has 0 fully saturated rings. The van der Waals surface area contributed by atoms with Gasteiger partial charge in [-0.25, -0.2) is 0 Å². The van der Waals surface area contributed by atoms with Gasteiger partial charge in [0.05, 0.1) is 11.6 Å². The van der Waals surface area contributed by atoms with E-state index in [0.717, 1.165) is 16.1 Å². The van der Waals surface area contributed by atoms with Crippen molar-refractivity contribution in [3.05, 3.63) is 33.2 Å². The third-order valence-electron chi connectivity index (χ3n) is 2.95. The number of hydrogen-bond donors (Lipinski definition) is 2. The van der Waals surface area contributed by atoms with Crippen LogP contribution in [0.2, 0.25) is 0 Å². The van der Waals surface area contributed by atoms with E-state index in [-0.39, 0.29) is 11.9 Å². The van der Waals surface area contributed by atoms with E-state index in [1.165, 1.54) is 4.88 Å². The first kappa shape index (κ1) is 14.0. The van der Waals surface area contributed by atoms with Crippen molar-refractivity contribution in [2.24, 2.45) is 0 Å². The second kappa shape index (κ2) is 5.30. The van der Waals surface area contributed by atoms with E-state index in [1.807, 2.05) is 13.0 Å². The minimum Gasteiger partial charge on any atom is -0.350 e. The number of likely N-dealkylation sites (N-methyl/N-ethyl adjacent to an activating group) is 1. The van der Waals surface area contributed by atoms with Crippen LogP contribution < -0.4 is 10.6 Å². The van der Waals surface area contributed by atoms with Crippen LogP contribution in [0, 0.1) is 6.92 Å². The van der Waals surface area contributed by atoms with Gasteiger partial charge in [-0.3, -0.25) is 4.79 Å². The molecule has 0 radical (unpaired) electrons. The predicted octanol–water partition coefficient (Wildman–Crippen LogP) is 1.94. The van der Waals surface area contributed by atoms with E-state index in [4.69, 9.17) is 12.2 Å². The van der Waals surface area contributed by atoms with Crippen molar-refractivity contribution in [2.45, 2.75) is 19.9 Å². The lowest BCUT2D eigenvalue weighted by atomic mass is 10.0. The van der Waals surface area contributed by atoms with Crippen LogP contribution in [0.5, 0.6) is 0 Å². The SMILES string of the molecule is CC1=C(C(=O)N(C)C)[C@H](c2ccc(C)s2)NC(=S)N1. The summed E-state index contributed by atoms with van der Waals surface area (Å²) in [6, 6.07) is 3.93. The minimum absolute atomic E-state index is 0.00365. The molecule has 6 heteroatoms.